The fourth-order valence-corrected chi connectivity index (χ4v) is 2.74. The van der Waals surface area contributed by atoms with Crippen LogP contribution in [-0.4, -0.2) is 32.6 Å². The van der Waals surface area contributed by atoms with Crippen LogP contribution in [0.3, 0.4) is 0 Å². The van der Waals surface area contributed by atoms with Gasteiger partial charge in [-0.05, 0) is 24.8 Å². The van der Waals surface area contributed by atoms with Gasteiger partial charge < -0.3 is 0 Å². The predicted octanol–water partition coefficient (Wildman–Crippen LogP) is 2.21. The summed E-state index contributed by atoms with van der Waals surface area (Å²) in [7, 11) is 0. The summed E-state index contributed by atoms with van der Waals surface area (Å²) in [5.74, 6) is 1.65. The van der Waals surface area contributed by atoms with E-state index < -0.39 is 0 Å². The second kappa shape index (κ2) is 4.69. The Bertz CT molecular complexity index is 531. The molecule has 0 aliphatic carbocycles. The van der Waals surface area contributed by atoms with Crippen LogP contribution < -0.4 is 0 Å². The number of rotatable bonds is 3. The van der Waals surface area contributed by atoms with Crippen LogP contribution in [0.15, 0.2) is 24.7 Å². The summed E-state index contributed by atoms with van der Waals surface area (Å²) < 4.78 is 1.85. The van der Waals surface area contributed by atoms with Gasteiger partial charge in [0.15, 0.2) is 5.65 Å². The molecule has 1 saturated heterocycles. The molecule has 1 atom stereocenters. The van der Waals surface area contributed by atoms with Gasteiger partial charge in [0.05, 0.1) is 6.20 Å². The zero-order chi connectivity index (χ0) is 12.5. The minimum atomic E-state index is 0.793. The highest BCUT2D eigenvalue weighted by molar-refractivity contribution is 5.35. The quantitative estimate of drug-likeness (QED) is 0.830. The zero-order valence-electron chi connectivity index (χ0n) is 11.1. The number of hydrogen-bond acceptors (Lipinski definition) is 3. The lowest BCUT2D eigenvalue weighted by Crippen LogP contribution is -2.21. The Hall–Kier alpha value is -1.42. The Balaban J connectivity index is 1.69. The highest BCUT2D eigenvalue weighted by atomic mass is 15.2. The van der Waals surface area contributed by atoms with Gasteiger partial charge in [0.25, 0.3) is 0 Å². The molecular formula is C14H20N4. The van der Waals surface area contributed by atoms with Crippen LogP contribution in [0.5, 0.6) is 0 Å². The van der Waals surface area contributed by atoms with Crippen molar-refractivity contribution in [1.82, 2.24) is 19.5 Å². The lowest BCUT2D eigenvalue weighted by atomic mass is 9.95. The molecule has 0 bridgehead atoms. The molecule has 0 radical (unpaired) electrons. The highest BCUT2D eigenvalue weighted by Gasteiger charge is 2.24. The molecule has 0 aromatic carbocycles. The Labute approximate surface area is 108 Å². The van der Waals surface area contributed by atoms with Crippen molar-refractivity contribution in [2.24, 2.45) is 11.8 Å². The largest absolute Gasteiger partial charge is 0.299 e. The van der Waals surface area contributed by atoms with E-state index in [1.54, 1.807) is 6.20 Å². The van der Waals surface area contributed by atoms with Crippen molar-refractivity contribution in [2.45, 2.75) is 26.8 Å². The summed E-state index contributed by atoms with van der Waals surface area (Å²) in [6.45, 7) is 8.07. The summed E-state index contributed by atoms with van der Waals surface area (Å²) >= 11 is 0. The summed E-state index contributed by atoms with van der Waals surface area (Å²) in [5, 5.41) is 4.23. The molecule has 2 aromatic heterocycles. The van der Waals surface area contributed by atoms with Crippen LogP contribution in [-0.2, 0) is 6.54 Å². The maximum absolute atomic E-state index is 4.41. The molecule has 4 nitrogen and oxygen atoms in total. The molecule has 4 heteroatoms. The fraction of sp³-hybridized carbons (Fsp3) is 0.571. The van der Waals surface area contributed by atoms with Crippen LogP contribution in [0.4, 0.5) is 0 Å². The van der Waals surface area contributed by atoms with E-state index in [0.717, 1.165) is 24.0 Å². The summed E-state index contributed by atoms with van der Waals surface area (Å²) in [5.41, 5.74) is 2.16. The monoisotopic (exact) mass is 244 g/mol. The van der Waals surface area contributed by atoms with Crippen molar-refractivity contribution < 1.29 is 0 Å². The van der Waals surface area contributed by atoms with Crippen molar-refractivity contribution in [1.29, 1.82) is 0 Å². The first-order chi connectivity index (χ1) is 8.72. The molecular weight excluding hydrogens is 224 g/mol. The minimum Gasteiger partial charge on any atom is -0.299 e. The smallest absolute Gasteiger partial charge is 0.154 e. The summed E-state index contributed by atoms with van der Waals surface area (Å²) in [6, 6.07) is 1.93. The van der Waals surface area contributed by atoms with Gasteiger partial charge in [0.1, 0.15) is 0 Å². The van der Waals surface area contributed by atoms with Crippen molar-refractivity contribution in [3.8, 4) is 0 Å². The van der Waals surface area contributed by atoms with Crippen molar-refractivity contribution in [2.75, 3.05) is 13.1 Å². The molecule has 1 aliphatic heterocycles. The van der Waals surface area contributed by atoms with E-state index in [1.807, 2.05) is 16.8 Å². The molecule has 1 aliphatic rings. The molecule has 1 unspecified atom stereocenters. The van der Waals surface area contributed by atoms with Gasteiger partial charge in [0.2, 0.25) is 0 Å². The molecule has 0 saturated carbocycles. The molecule has 0 spiro atoms. The van der Waals surface area contributed by atoms with E-state index in [9.17, 15) is 0 Å². The minimum absolute atomic E-state index is 0.793. The Morgan fingerprint density at radius 3 is 3.11 bits per heavy atom. The van der Waals surface area contributed by atoms with E-state index >= 15 is 0 Å². The van der Waals surface area contributed by atoms with Crippen LogP contribution >= 0.6 is 0 Å². The van der Waals surface area contributed by atoms with Gasteiger partial charge in [-0.25, -0.2) is 9.50 Å². The lowest BCUT2D eigenvalue weighted by Gasteiger charge is -2.17. The molecule has 2 aromatic rings. The van der Waals surface area contributed by atoms with E-state index in [2.05, 4.69) is 35.0 Å². The predicted molar refractivity (Wildman–Crippen MR) is 71.2 cm³/mol. The third-order valence-corrected chi connectivity index (χ3v) is 3.96. The van der Waals surface area contributed by atoms with Crippen molar-refractivity contribution in [3.63, 3.8) is 0 Å². The third-order valence-electron chi connectivity index (χ3n) is 3.96. The molecule has 0 N–H and O–H groups in total. The molecule has 0 amide bonds. The topological polar surface area (TPSA) is 33.4 Å². The molecule has 18 heavy (non-hydrogen) atoms. The van der Waals surface area contributed by atoms with Gasteiger partial charge in [-0.15, -0.1) is 0 Å². The average molecular weight is 244 g/mol. The van der Waals surface area contributed by atoms with Crippen LogP contribution in [0.25, 0.3) is 5.65 Å². The number of likely N-dealkylation sites (tertiary alicyclic amines) is 1. The van der Waals surface area contributed by atoms with E-state index in [0.29, 0.717) is 0 Å². The van der Waals surface area contributed by atoms with Gasteiger partial charge in [-0.2, -0.15) is 5.10 Å². The standard InChI is InChI=1S/C14H20N4/c1-11(2)13-4-6-17(10-13)8-12-7-15-14-3-5-16-18(14)9-12/h3,5,7,9,11,13H,4,6,8,10H2,1-2H3. The zero-order valence-corrected chi connectivity index (χ0v) is 11.1. The Kier molecular flexibility index (Phi) is 3.04. The maximum atomic E-state index is 4.41. The third kappa shape index (κ3) is 2.25. The maximum Gasteiger partial charge on any atom is 0.154 e. The Morgan fingerprint density at radius 1 is 1.44 bits per heavy atom. The van der Waals surface area contributed by atoms with Gasteiger partial charge in [0, 0.05) is 37.1 Å². The summed E-state index contributed by atoms with van der Waals surface area (Å²) in [6.07, 6.45) is 7.18. The van der Waals surface area contributed by atoms with Crippen molar-refractivity contribution >= 4 is 5.65 Å². The normalized spacial score (nSPS) is 21.2. The van der Waals surface area contributed by atoms with Gasteiger partial charge >= 0.3 is 0 Å². The lowest BCUT2D eigenvalue weighted by molar-refractivity contribution is 0.296. The van der Waals surface area contributed by atoms with E-state index in [-0.39, 0.29) is 0 Å². The van der Waals surface area contributed by atoms with Crippen LogP contribution in [0, 0.1) is 11.8 Å². The second-order valence-electron chi connectivity index (χ2n) is 5.62. The van der Waals surface area contributed by atoms with Crippen molar-refractivity contribution in [3.05, 3.63) is 30.2 Å². The van der Waals surface area contributed by atoms with E-state index in [1.165, 1.54) is 25.1 Å². The molecule has 3 heterocycles. The van der Waals surface area contributed by atoms with E-state index in [4.69, 9.17) is 0 Å². The fourth-order valence-electron chi connectivity index (χ4n) is 2.74. The number of fused-ring (bicyclic) bond motifs is 1. The Morgan fingerprint density at radius 2 is 2.33 bits per heavy atom. The second-order valence-corrected chi connectivity index (χ2v) is 5.62. The van der Waals surface area contributed by atoms with Gasteiger partial charge in [-0.3, -0.25) is 4.90 Å². The van der Waals surface area contributed by atoms with Crippen LogP contribution in [0.1, 0.15) is 25.8 Å². The van der Waals surface area contributed by atoms with Gasteiger partial charge in [-0.1, -0.05) is 13.8 Å². The first kappa shape index (κ1) is 11.7. The van der Waals surface area contributed by atoms with Crippen LogP contribution in [0.2, 0.25) is 0 Å². The number of nitrogens with zero attached hydrogens (tertiary/aromatic N) is 4. The molecule has 96 valence electrons. The molecule has 1 fully saturated rings. The molecule has 3 rings (SSSR count). The SMILES string of the molecule is CC(C)C1CCN(Cc2cnc3ccnn3c2)C1. The highest BCUT2D eigenvalue weighted by Crippen LogP contribution is 2.24. The first-order valence-corrected chi connectivity index (χ1v) is 6.73. The first-order valence-electron chi connectivity index (χ1n) is 6.73. The average Bonchev–Trinajstić information content (AvgIpc) is 2.96. The number of hydrogen-bond donors (Lipinski definition) is 0. The number of aromatic nitrogens is 3. The summed E-state index contributed by atoms with van der Waals surface area (Å²) in [4.78, 5) is 6.94.